The summed E-state index contributed by atoms with van der Waals surface area (Å²) in [6.07, 6.45) is 3.65. The molecule has 2 fully saturated rings. The number of hydrogen-bond donors (Lipinski definition) is 0. The van der Waals surface area contributed by atoms with Gasteiger partial charge in [-0.05, 0) is 24.2 Å². The lowest BCUT2D eigenvalue weighted by Crippen LogP contribution is -2.74. The number of anilines is 1. The highest BCUT2D eigenvalue weighted by atomic mass is 15.4. The molecule has 5 rings (SSSR count). The molecule has 0 radical (unpaired) electrons. The van der Waals surface area contributed by atoms with Crippen molar-refractivity contribution in [3.05, 3.63) is 90.3 Å². The van der Waals surface area contributed by atoms with Crippen molar-refractivity contribution >= 4 is 5.95 Å². The van der Waals surface area contributed by atoms with Gasteiger partial charge in [0.05, 0.1) is 5.54 Å². The minimum Gasteiger partial charge on any atom is -0.338 e. The van der Waals surface area contributed by atoms with Crippen LogP contribution in [0.2, 0.25) is 0 Å². The van der Waals surface area contributed by atoms with E-state index in [0.29, 0.717) is 6.04 Å². The van der Waals surface area contributed by atoms with Gasteiger partial charge in [0.25, 0.3) is 0 Å². The number of likely N-dealkylation sites (N-methyl/N-ethyl adjacent to an activating group) is 1. The molecular formula is C24H27N5. The predicted molar refractivity (Wildman–Crippen MR) is 116 cm³/mol. The summed E-state index contributed by atoms with van der Waals surface area (Å²) in [5, 5.41) is 0. The molecule has 29 heavy (non-hydrogen) atoms. The standard InChI is InChI=1S/C24H27N5/c1-27-19-22(28-15-17-29(18-16-28)23-25-13-8-14-26-23)24(27,20-9-4-2-5-10-20)21-11-6-3-7-12-21/h2-14,22H,15-19H2,1H3. The zero-order valence-electron chi connectivity index (χ0n) is 16.9. The molecule has 3 aromatic rings. The number of benzene rings is 2. The Morgan fingerprint density at radius 3 is 1.83 bits per heavy atom. The van der Waals surface area contributed by atoms with Crippen molar-refractivity contribution < 1.29 is 0 Å². The zero-order valence-corrected chi connectivity index (χ0v) is 16.9. The maximum absolute atomic E-state index is 4.43. The Bertz CT molecular complexity index is 884. The molecule has 0 N–H and O–H groups in total. The topological polar surface area (TPSA) is 35.5 Å². The Morgan fingerprint density at radius 1 is 0.759 bits per heavy atom. The predicted octanol–water partition coefficient (Wildman–Crippen LogP) is 2.86. The molecule has 1 atom stereocenters. The maximum atomic E-state index is 4.43. The molecule has 0 bridgehead atoms. The van der Waals surface area contributed by atoms with Gasteiger partial charge in [0.15, 0.2) is 0 Å². The van der Waals surface area contributed by atoms with Crippen molar-refractivity contribution in [1.82, 2.24) is 19.8 Å². The second-order valence-corrected chi connectivity index (χ2v) is 7.97. The molecule has 0 spiro atoms. The number of piperazine rings is 1. The van der Waals surface area contributed by atoms with E-state index in [1.54, 1.807) is 0 Å². The van der Waals surface area contributed by atoms with Crippen LogP contribution in [0.25, 0.3) is 0 Å². The minimum atomic E-state index is -0.103. The molecule has 2 aliphatic rings. The third kappa shape index (κ3) is 3.02. The van der Waals surface area contributed by atoms with E-state index in [4.69, 9.17) is 0 Å². The number of rotatable bonds is 4. The summed E-state index contributed by atoms with van der Waals surface area (Å²) in [5.74, 6) is 0.843. The zero-order chi connectivity index (χ0) is 19.7. The molecule has 2 saturated heterocycles. The molecule has 5 nitrogen and oxygen atoms in total. The van der Waals surface area contributed by atoms with E-state index in [9.17, 15) is 0 Å². The van der Waals surface area contributed by atoms with Crippen LogP contribution in [0.3, 0.4) is 0 Å². The Kier molecular flexibility index (Phi) is 4.78. The highest BCUT2D eigenvalue weighted by Gasteiger charge is 2.56. The quantitative estimate of drug-likeness (QED) is 0.690. The van der Waals surface area contributed by atoms with Crippen LogP contribution >= 0.6 is 0 Å². The monoisotopic (exact) mass is 385 g/mol. The SMILES string of the molecule is CN1CC(N2CCN(c3ncccn3)CC2)C1(c1ccccc1)c1ccccc1. The van der Waals surface area contributed by atoms with Gasteiger partial charge < -0.3 is 4.90 Å². The summed E-state index contributed by atoms with van der Waals surface area (Å²) in [5.41, 5.74) is 2.64. The highest BCUT2D eigenvalue weighted by molar-refractivity contribution is 5.44. The Labute approximate surface area is 172 Å². The summed E-state index contributed by atoms with van der Waals surface area (Å²) >= 11 is 0. The lowest BCUT2D eigenvalue weighted by Gasteiger charge is -2.62. The first-order chi connectivity index (χ1) is 14.3. The van der Waals surface area contributed by atoms with Crippen molar-refractivity contribution in [2.45, 2.75) is 11.6 Å². The van der Waals surface area contributed by atoms with Gasteiger partial charge in [0.1, 0.15) is 0 Å². The van der Waals surface area contributed by atoms with Crippen molar-refractivity contribution in [2.75, 3.05) is 44.7 Å². The van der Waals surface area contributed by atoms with Crippen LogP contribution in [0.1, 0.15) is 11.1 Å². The van der Waals surface area contributed by atoms with Crippen LogP contribution in [0.4, 0.5) is 5.95 Å². The van der Waals surface area contributed by atoms with E-state index in [1.165, 1.54) is 11.1 Å². The molecular weight excluding hydrogens is 358 g/mol. The van der Waals surface area contributed by atoms with Crippen LogP contribution in [0.5, 0.6) is 0 Å². The van der Waals surface area contributed by atoms with Crippen LogP contribution < -0.4 is 4.90 Å². The average Bonchev–Trinajstić information content (AvgIpc) is 2.80. The summed E-state index contributed by atoms with van der Waals surface area (Å²) in [7, 11) is 2.25. The second kappa shape index (κ2) is 7.58. The van der Waals surface area contributed by atoms with Gasteiger partial charge in [-0.1, -0.05) is 60.7 Å². The molecule has 0 amide bonds. The summed E-state index contributed by atoms with van der Waals surface area (Å²) in [6, 6.07) is 24.3. The van der Waals surface area contributed by atoms with Gasteiger partial charge in [-0.3, -0.25) is 9.80 Å². The fourth-order valence-corrected chi connectivity index (χ4v) is 5.12. The molecule has 2 aliphatic heterocycles. The lowest BCUT2D eigenvalue weighted by molar-refractivity contribution is -0.0732. The molecule has 1 unspecified atom stereocenters. The molecule has 5 heteroatoms. The van der Waals surface area contributed by atoms with Crippen molar-refractivity contribution in [3.63, 3.8) is 0 Å². The van der Waals surface area contributed by atoms with E-state index in [0.717, 1.165) is 38.7 Å². The van der Waals surface area contributed by atoms with E-state index in [2.05, 4.69) is 92.4 Å². The largest absolute Gasteiger partial charge is 0.338 e. The van der Waals surface area contributed by atoms with Crippen LogP contribution in [-0.2, 0) is 5.54 Å². The highest BCUT2D eigenvalue weighted by Crippen LogP contribution is 2.47. The summed E-state index contributed by atoms with van der Waals surface area (Å²) in [4.78, 5) is 16.3. The van der Waals surface area contributed by atoms with Gasteiger partial charge in [-0.25, -0.2) is 9.97 Å². The number of aromatic nitrogens is 2. The van der Waals surface area contributed by atoms with Crippen molar-refractivity contribution in [2.24, 2.45) is 0 Å². The maximum Gasteiger partial charge on any atom is 0.225 e. The molecule has 2 aromatic carbocycles. The minimum absolute atomic E-state index is 0.103. The summed E-state index contributed by atoms with van der Waals surface area (Å²) in [6.45, 7) is 5.05. The van der Waals surface area contributed by atoms with Gasteiger partial charge in [-0.2, -0.15) is 0 Å². The van der Waals surface area contributed by atoms with Gasteiger partial charge >= 0.3 is 0 Å². The third-order valence-electron chi connectivity index (χ3n) is 6.55. The van der Waals surface area contributed by atoms with Crippen molar-refractivity contribution in [3.8, 4) is 0 Å². The molecule has 0 aliphatic carbocycles. The molecule has 3 heterocycles. The van der Waals surface area contributed by atoms with E-state index >= 15 is 0 Å². The Balaban J connectivity index is 1.44. The first-order valence-electron chi connectivity index (χ1n) is 10.4. The fourth-order valence-electron chi connectivity index (χ4n) is 5.12. The first-order valence-corrected chi connectivity index (χ1v) is 10.4. The Morgan fingerprint density at radius 2 is 1.31 bits per heavy atom. The van der Waals surface area contributed by atoms with Crippen LogP contribution in [0.15, 0.2) is 79.1 Å². The normalized spacial score (nSPS) is 22.2. The van der Waals surface area contributed by atoms with Gasteiger partial charge in [0, 0.05) is 51.2 Å². The smallest absolute Gasteiger partial charge is 0.225 e. The number of nitrogens with zero attached hydrogens (tertiary/aromatic N) is 5. The van der Waals surface area contributed by atoms with E-state index < -0.39 is 0 Å². The van der Waals surface area contributed by atoms with Crippen LogP contribution in [-0.4, -0.2) is 65.6 Å². The number of likely N-dealkylation sites (tertiary alicyclic amines) is 1. The third-order valence-corrected chi connectivity index (χ3v) is 6.55. The number of hydrogen-bond acceptors (Lipinski definition) is 5. The summed E-state index contributed by atoms with van der Waals surface area (Å²) < 4.78 is 0. The van der Waals surface area contributed by atoms with Crippen LogP contribution in [0, 0.1) is 0 Å². The average molecular weight is 386 g/mol. The van der Waals surface area contributed by atoms with E-state index in [1.807, 2.05) is 18.5 Å². The fraction of sp³-hybridized carbons (Fsp3) is 0.333. The second-order valence-electron chi connectivity index (χ2n) is 7.97. The van der Waals surface area contributed by atoms with E-state index in [-0.39, 0.29) is 5.54 Å². The Hall–Kier alpha value is -2.76. The lowest BCUT2D eigenvalue weighted by atomic mass is 9.68. The van der Waals surface area contributed by atoms with Gasteiger partial charge in [0.2, 0.25) is 5.95 Å². The first kappa shape index (κ1) is 18.3. The molecule has 148 valence electrons. The molecule has 1 aromatic heterocycles. The molecule has 0 saturated carbocycles. The van der Waals surface area contributed by atoms with Gasteiger partial charge in [-0.15, -0.1) is 0 Å². The van der Waals surface area contributed by atoms with Crippen molar-refractivity contribution in [1.29, 1.82) is 0 Å².